The molecular weight excluding hydrogens is 359 g/mol. The Labute approximate surface area is 148 Å². The van der Waals surface area contributed by atoms with Gasteiger partial charge in [0.1, 0.15) is 12.4 Å². The molecule has 2 aromatic carbocycles. The summed E-state index contributed by atoms with van der Waals surface area (Å²) in [5.41, 5.74) is 3.55. The molecular formula is C16H13Cl3N2O2. The molecule has 0 radical (unpaired) electrons. The van der Waals surface area contributed by atoms with Gasteiger partial charge < -0.3 is 4.74 Å². The average molecular weight is 372 g/mol. The zero-order valence-electron chi connectivity index (χ0n) is 11.9. The van der Waals surface area contributed by atoms with Crippen LogP contribution in [0.25, 0.3) is 6.08 Å². The maximum absolute atomic E-state index is 11.0. The topological polar surface area (TPSA) is 64.3 Å². The molecule has 0 aliphatic carbocycles. The number of nitrogens with one attached hydrogen (secondary N) is 1. The molecule has 1 amide bonds. The van der Waals surface area contributed by atoms with Crippen molar-refractivity contribution in [1.82, 2.24) is 5.43 Å². The van der Waals surface area contributed by atoms with E-state index in [1.165, 1.54) is 6.08 Å². The quantitative estimate of drug-likeness (QED) is 0.358. The van der Waals surface area contributed by atoms with E-state index in [2.05, 4.69) is 0 Å². The SMILES string of the molecule is NNC(=O)/C=C/c1ccc(OCc2ccc(Cl)cc2Cl)c(Cl)c1. The number of halogens is 3. The van der Waals surface area contributed by atoms with Gasteiger partial charge in [-0.1, -0.05) is 46.9 Å². The van der Waals surface area contributed by atoms with Crippen LogP contribution in [0.4, 0.5) is 0 Å². The molecule has 0 aliphatic heterocycles. The average Bonchev–Trinajstić information content (AvgIpc) is 2.53. The van der Waals surface area contributed by atoms with Crippen molar-refractivity contribution in [2.24, 2.45) is 5.84 Å². The Morgan fingerprint density at radius 1 is 1.13 bits per heavy atom. The van der Waals surface area contributed by atoms with Crippen molar-refractivity contribution in [3.63, 3.8) is 0 Å². The lowest BCUT2D eigenvalue weighted by molar-refractivity contribution is -0.116. The zero-order valence-corrected chi connectivity index (χ0v) is 14.1. The summed E-state index contributed by atoms with van der Waals surface area (Å²) in [5, 5.41) is 1.51. The van der Waals surface area contributed by atoms with Crippen LogP contribution in [0.3, 0.4) is 0 Å². The first-order valence-corrected chi connectivity index (χ1v) is 7.68. The van der Waals surface area contributed by atoms with Crippen LogP contribution in [0.1, 0.15) is 11.1 Å². The number of carbonyl (C=O) groups excluding carboxylic acids is 1. The lowest BCUT2D eigenvalue weighted by Crippen LogP contribution is -2.27. The Morgan fingerprint density at radius 2 is 1.91 bits per heavy atom. The Bertz CT molecular complexity index is 748. The molecule has 0 bridgehead atoms. The highest BCUT2D eigenvalue weighted by Crippen LogP contribution is 2.28. The van der Waals surface area contributed by atoms with Gasteiger partial charge >= 0.3 is 0 Å². The minimum absolute atomic E-state index is 0.264. The Kier molecular flexibility index (Phi) is 6.30. The van der Waals surface area contributed by atoms with Gasteiger partial charge in [0.25, 0.3) is 5.91 Å². The molecule has 0 saturated carbocycles. The first kappa shape index (κ1) is 17.6. The van der Waals surface area contributed by atoms with E-state index < -0.39 is 5.91 Å². The molecule has 0 atom stereocenters. The number of ether oxygens (including phenoxy) is 1. The minimum atomic E-state index is -0.404. The van der Waals surface area contributed by atoms with Gasteiger partial charge in [0, 0.05) is 21.7 Å². The van der Waals surface area contributed by atoms with Crippen LogP contribution in [-0.4, -0.2) is 5.91 Å². The lowest BCUT2D eigenvalue weighted by Gasteiger charge is -2.10. The predicted molar refractivity (Wildman–Crippen MR) is 93.6 cm³/mol. The van der Waals surface area contributed by atoms with Gasteiger partial charge in [-0.25, -0.2) is 5.84 Å². The van der Waals surface area contributed by atoms with E-state index in [0.29, 0.717) is 20.8 Å². The Balaban J connectivity index is 2.06. The van der Waals surface area contributed by atoms with E-state index in [1.807, 2.05) is 5.43 Å². The third-order valence-corrected chi connectivity index (χ3v) is 3.81. The normalized spacial score (nSPS) is 10.8. The maximum Gasteiger partial charge on any atom is 0.257 e. The molecule has 0 fully saturated rings. The molecule has 2 aromatic rings. The Morgan fingerprint density at radius 3 is 2.57 bits per heavy atom. The molecule has 120 valence electrons. The fourth-order valence-corrected chi connectivity index (χ4v) is 2.46. The third-order valence-electron chi connectivity index (χ3n) is 2.92. The number of hydrazine groups is 1. The van der Waals surface area contributed by atoms with Crippen LogP contribution in [0, 0.1) is 0 Å². The van der Waals surface area contributed by atoms with Crippen molar-refractivity contribution in [3.8, 4) is 5.75 Å². The van der Waals surface area contributed by atoms with E-state index in [4.69, 9.17) is 45.4 Å². The van der Waals surface area contributed by atoms with Gasteiger partial charge in [-0.05, 0) is 35.9 Å². The zero-order chi connectivity index (χ0) is 16.8. The number of carbonyl (C=O) groups is 1. The molecule has 0 heterocycles. The van der Waals surface area contributed by atoms with Gasteiger partial charge in [-0.15, -0.1) is 0 Å². The minimum Gasteiger partial charge on any atom is -0.487 e. The van der Waals surface area contributed by atoms with Gasteiger partial charge in [0.15, 0.2) is 0 Å². The van der Waals surface area contributed by atoms with Crippen LogP contribution >= 0.6 is 34.8 Å². The molecule has 23 heavy (non-hydrogen) atoms. The molecule has 0 saturated heterocycles. The van der Waals surface area contributed by atoms with Gasteiger partial charge in [0.05, 0.1) is 5.02 Å². The van der Waals surface area contributed by atoms with Crippen molar-refractivity contribution in [2.75, 3.05) is 0 Å². The number of benzene rings is 2. The van der Waals surface area contributed by atoms with Crippen LogP contribution in [0.5, 0.6) is 5.75 Å². The summed E-state index contributed by atoms with van der Waals surface area (Å²) >= 11 is 18.1. The molecule has 2 rings (SSSR count). The molecule has 7 heteroatoms. The molecule has 3 N–H and O–H groups in total. The molecule has 0 aromatic heterocycles. The Hall–Kier alpha value is -1.72. The highest BCUT2D eigenvalue weighted by atomic mass is 35.5. The molecule has 0 spiro atoms. The van der Waals surface area contributed by atoms with E-state index in [9.17, 15) is 4.79 Å². The second-order valence-electron chi connectivity index (χ2n) is 4.56. The standard InChI is InChI=1S/C16H13Cl3N2O2/c17-12-4-3-11(13(18)8-12)9-23-15-5-1-10(7-14(15)19)2-6-16(22)21-20/h1-8H,9,20H2,(H,21,22)/b6-2+. The van der Waals surface area contributed by atoms with Crippen molar-refractivity contribution in [1.29, 1.82) is 0 Å². The summed E-state index contributed by atoms with van der Waals surface area (Å²) in [6, 6.07) is 10.4. The molecule has 4 nitrogen and oxygen atoms in total. The number of amides is 1. The third kappa shape index (κ3) is 5.15. The molecule has 0 aliphatic rings. The summed E-state index contributed by atoms with van der Waals surface area (Å²) in [7, 11) is 0. The van der Waals surface area contributed by atoms with Crippen molar-refractivity contribution in [2.45, 2.75) is 6.61 Å². The van der Waals surface area contributed by atoms with Crippen molar-refractivity contribution in [3.05, 3.63) is 68.7 Å². The summed E-state index contributed by atoms with van der Waals surface area (Å²) < 4.78 is 5.66. The fraction of sp³-hybridized carbons (Fsp3) is 0.0625. The van der Waals surface area contributed by atoms with Crippen LogP contribution in [0.15, 0.2) is 42.5 Å². The second kappa shape index (κ2) is 8.22. The van der Waals surface area contributed by atoms with E-state index in [1.54, 1.807) is 42.5 Å². The summed E-state index contributed by atoms with van der Waals surface area (Å²) in [4.78, 5) is 11.0. The number of nitrogens with two attached hydrogens (primary N) is 1. The molecule has 0 unspecified atom stereocenters. The fourth-order valence-electron chi connectivity index (χ4n) is 1.75. The highest BCUT2D eigenvalue weighted by molar-refractivity contribution is 6.35. The maximum atomic E-state index is 11.0. The number of hydrogen-bond acceptors (Lipinski definition) is 3. The summed E-state index contributed by atoms with van der Waals surface area (Å²) in [6.45, 7) is 0.264. The van der Waals surface area contributed by atoms with Crippen molar-refractivity contribution < 1.29 is 9.53 Å². The van der Waals surface area contributed by atoms with Crippen LogP contribution in [0.2, 0.25) is 15.1 Å². The second-order valence-corrected chi connectivity index (χ2v) is 5.81. The number of hydrogen-bond donors (Lipinski definition) is 2. The van der Waals surface area contributed by atoms with Crippen LogP contribution in [-0.2, 0) is 11.4 Å². The van der Waals surface area contributed by atoms with Crippen LogP contribution < -0.4 is 16.0 Å². The summed E-state index contributed by atoms with van der Waals surface area (Å²) in [5.74, 6) is 5.10. The monoisotopic (exact) mass is 370 g/mol. The highest BCUT2D eigenvalue weighted by Gasteiger charge is 2.06. The van der Waals surface area contributed by atoms with Gasteiger partial charge in [0.2, 0.25) is 0 Å². The van der Waals surface area contributed by atoms with Crippen molar-refractivity contribution >= 4 is 46.8 Å². The lowest BCUT2D eigenvalue weighted by atomic mass is 10.2. The van der Waals surface area contributed by atoms with Gasteiger partial charge in [-0.2, -0.15) is 0 Å². The van der Waals surface area contributed by atoms with E-state index in [0.717, 1.165) is 11.1 Å². The largest absolute Gasteiger partial charge is 0.487 e. The number of rotatable bonds is 5. The van der Waals surface area contributed by atoms with E-state index >= 15 is 0 Å². The first-order valence-electron chi connectivity index (χ1n) is 6.54. The van der Waals surface area contributed by atoms with E-state index in [-0.39, 0.29) is 6.61 Å². The smallest absolute Gasteiger partial charge is 0.257 e. The van der Waals surface area contributed by atoms with Gasteiger partial charge in [-0.3, -0.25) is 10.2 Å². The summed E-state index contributed by atoms with van der Waals surface area (Å²) in [6.07, 6.45) is 2.90. The first-order chi connectivity index (χ1) is 11.0. The predicted octanol–water partition coefficient (Wildman–Crippen LogP) is 4.23.